The lowest BCUT2D eigenvalue weighted by Crippen LogP contribution is -2.38. The molecule has 32 heavy (non-hydrogen) atoms. The van der Waals surface area contributed by atoms with Crippen LogP contribution in [0.15, 0.2) is 47.1 Å². The maximum absolute atomic E-state index is 13.0. The van der Waals surface area contributed by atoms with Gasteiger partial charge in [0.1, 0.15) is 29.0 Å². The lowest BCUT2D eigenvalue weighted by molar-refractivity contribution is -0.116. The largest absolute Gasteiger partial charge is 0.497 e. The molecular formula is C24H24N4O4. The van der Waals surface area contributed by atoms with Crippen molar-refractivity contribution in [2.24, 2.45) is 5.73 Å². The van der Waals surface area contributed by atoms with E-state index in [2.05, 4.69) is 11.0 Å². The molecule has 2 aliphatic heterocycles. The number of nitriles is 1. The van der Waals surface area contributed by atoms with Gasteiger partial charge >= 0.3 is 0 Å². The molecule has 0 saturated carbocycles. The highest BCUT2D eigenvalue weighted by molar-refractivity contribution is 6.00. The van der Waals surface area contributed by atoms with Crippen molar-refractivity contribution in [2.45, 2.75) is 25.2 Å². The molecule has 1 atom stereocenters. The lowest BCUT2D eigenvalue weighted by Gasteiger charge is -2.35. The van der Waals surface area contributed by atoms with Gasteiger partial charge in [0.2, 0.25) is 5.88 Å². The molecule has 0 radical (unpaired) electrons. The fourth-order valence-corrected chi connectivity index (χ4v) is 4.70. The van der Waals surface area contributed by atoms with Gasteiger partial charge in [0.05, 0.1) is 31.8 Å². The predicted molar refractivity (Wildman–Crippen MR) is 118 cm³/mol. The number of rotatable bonds is 3. The van der Waals surface area contributed by atoms with Crippen LogP contribution in [0.5, 0.6) is 5.75 Å². The Morgan fingerprint density at radius 1 is 1.25 bits per heavy atom. The SMILES string of the molecule is COc1ccc2nc(N3CCOCC3)c(C3C(C#N)=C(N)OC4=C3C(=O)CCC4)cc2c1. The van der Waals surface area contributed by atoms with E-state index >= 15 is 0 Å². The summed E-state index contributed by atoms with van der Waals surface area (Å²) in [4.78, 5) is 20.2. The van der Waals surface area contributed by atoms with Crippen LogP contribution >= 0.6 is 0 Å². The maximum Gasteiger partial charge on any atom is 0.205 e. The molecule has 2 aromatic rings. The second-order valence-electron chi connectivity index (χ2n) is 8.10. The topological polar surface area (TPSA) is 111 Å². The van der Waals surface area contributed by atoms with Gasteiger partial charge in [-0.1, -0.05) is 0 Å². The highest BCUT2D eigenvalue weighted by Crippen LogP contribution is 2.46. The molecule has 164 valence electrons. The Balaban J connectivity index is 1.77. The summed E-state index contributed by atoms with van der Waals surface area (Å²) in [6.07, 6.45) is 1.76. The van der Waals surface area contributed by atoms with Crippen LogP contribution in [0.2, 0.25) is 0 Å². The van der Waals surface area contributed by atoms with E-state index in [9.17, 15) is 10.1 Å². The van der Waals surface area contributed by atoms with E-state index in [1.807, 2.05) is 24.3 Å². The molecule has 0 amide bonds. The second kappa shape index (κ2) is 8.17. The van der Waals surface area contributed by atoms with E-state index in [0.29, 0.717) is 62.6 Å². The number of nitrogens with two attached hydrogens (primary N) is 1. The number of carbonyl (C=O) groups is 1. The zero-order valence-corrected chi connectivity index (χ0v) is 17.9. The van der Waals surface area contributed by atoms with Crippen molar-refractivity contribution in [1.82, 2.24) is 4.98 Å². The zero-order valence-electron chi connectivity index (χ0n) is 17.9. The van der Waals surface area contributed by atoms with Gasteiger partial charge < -0.3 is 24.8 Å². The third-order valence-electron chi connectivity index (χ3n) is 6.26. The summed E-state index contributed by atoms with van der Waals surface area (Å²) in [7, 11) is 1.62. The van der Waals surface area contributed by atoms with Crippen LogP contribution in [-0.4, -0.2) is 44.2 Å². The van der Waals surface area contributed by atoms with E-state index in [0.717, 1.165) is 22.3 Å². The highest BCUT2D eigenvalue weighted by Gasteiger charge is 2.40. The molecule has 5 rings (SSSR count). The maximum atomic E-state index is 13.0. The van der Waals surface area contributed by atoms with Gasteiger partial charge in [-0.15, -0.1) is 0 Å². The molecule has 1 aromatic heterocycles. The summed E-state index contributed by atoms with van der Waals surface area (Å²) in [5.74, 6) is 1.46. The van der Waals surface area contributed by atoms with Crippen LogP contribution in [0.4, 0.5) is 5.82 Å². The average molecular weight is 432 g/mol. The fraction of sp³-hybridized carbons (Fsp3) is 0.375. The molecule has 1 unspecified atom stereocenters. The number of Topliss-reactive ketones (excluding diaryl/α,β-unsaturated/α-hetero) is 1. The van der Waals surface area contributed by atoms with Crippen LogP contribution in [-0.2, 0) is 14.3 Å². The van der Waals surface area contributed by atoms with Crippen LogP contribution in [0.25, 0.3) is 10.9 Å². The highest BCUT2D eigenvalue weighted by atomic mass is 16.5. The summed E-state index contributed by atoms with van der Waals surface area (Å²) in [5.41, 5.74) is 8.53. The first kappa shape index (κ1) is 20.3. The number of morpholine rings is 1. The van der Waals surface area contributed by atoms with E-state index in [1.54, 1.807) is 7.11 Å². The third kappa shape index (κ3) is 3.35. The predicted octanol–water partition coefficient (Wildman–Crippen LogP) is 2.89. The molecule has 3 aliphatic rings. The monoisotopic (exact) mass is 432 g/mol. The number of nitrogens with zero attached hydrogens (tertiary/aromatic N) is 3. The Morgan fingerprint density at radius 2 is 2.06 bits per heavy atom. The number of anilines is 1. The van der Waals surface area contributed by atoms with Crippen molar-refractivity contribution in [3.05, 3.63) is 52.6 Å². The van der Waals surface area contributed by atoms with Gasteiger partial charge in [-0.3, -0.25) is 4.79 Å². The number of ether oxygens (including phenoxy) is 3. The standard InChI is InChI=1S/C24H24N4O4/c1-30-15-5-6-18-14(11-15)12-16(24(27-18)28-7-9-31-10-8-28)21-17(13-25)23(26)32-20-4-2-3-19(29)22(20)21/h5-6,11-12,21H,2-4,7-10,26H2,1H3. The summed E-state index contributed by atoms with van der Waals surface area (Å²) >= 11 is 0. The molecule has 1 aromatic carbocycles. The molecule has 1 aliphatic carbocycles. The van der Waals surface area contributed by atoms with Crippen molar-refractivity contribution in [3.8, 4) is 11.8 Å². The molecule has 1 saturated heterocycles. The third-order valence-corrected chi connectivity index (χ3v) is 6.26. The summed E-state index contributed by atoms with van der Waals surface area (Å²) in [5, 5.41) is 10.9. The first-order chi connectivity index (χ1) is 15.6. The minimum atomic E-state index is -0.613. The Kier molecular flexibility index (Phi) is 5.19. The lowest BCUT2D eigenvalue weighted by atomic mass is 9.77. The van der Waals surface area contributed by atoms with Gasteiger partial charge in [0.15, 0.2) is 5.78 Å². The van der Waals surface area contributed by atoms with Crippen molar-refractivity contribution in [1.29, 1.82) is 5.26 Å². The summed E-state index contributed by atoms with van der Waals surface area (Å²) in [6.45, 7) is 2.52. The summed E-state index contributed by atoms with van der Waals surface area (Å²) < 4.78 is 16.7. The number of ketones is 1. The zero-order chi connectivity index (χ0) is 22.2. The summed E-state index contributed by atoms with van der Waals surface area (Å²) in [6, 6.07) is 9.90. The molecule has 0 bridgehead atoms. The number of hydrogen-bond acceptors (Lipinski definition) is 8. The van der Waals surface area contributed by atoms with E-state index in [-0.39, 0.29) is 17.2 Å². The van der Waals surface area contributed by atoms with Crippen LogP contribution in [0.3, 0.4) is 0 Å². The van der Waals surface area contributed by atoms with Gasteiger partial charge in [-0.2, -0.15) is 5.26 Å². The van der Waals surface area contributed by atoms with Gasteiger partial charge in [0, 0.05) is 42.5 Å². The van der Waals surface area contributed by atoms with Crippen LogP contribution < -0.4 is 15.4 Å². The van der Waals surface area contributed by atoms with Crippen LogP contribution in [0, 0.1) is 11.3 Å². The fourth-order valence-electron chi connectivity index (χ4n) is 4.70. The normalized spacial score (nSPS) is 21.3. The Bertz CT molecular complexity index is 1200. The van der Waals surface area contributed by atoms with E-state index in [1.165, 1.54) is 0 Å². The molecule has 2 N–H and O–H groups in total. The number of fused-ring (bicyclic) bond motifs is 1. The van der Waals surface area contributed by atoms with Crippen molar-refractivity contribution in [3.63, 3.8) is 0 Å². The Labute approximate surface area is 185 Å². The number of benzene rings is 1. The van der Waals surface area contributed by atoms with Crippen molar-refractivity contribution in [2.75, 3.05) is 38.3 Å². The number of carbonyl (C=O) groups excluding carboxylic acids is 1. The van der Waals surface area contributed by atoms with E-state index < -0.39 is 5.92 Å². The number of aromatic nitrogens is 1. The van der Waals surface area contributed by atoms with Gasteiger partial charge in [0.25, 0.3) is 0 Å². The van der Waals surface area contributed by atoms with E-state index in [4.69, 9.17) is 24.9 Å². The quantitative estimate of drug-likeness (QED) is 0.788. The van der Waals surface area contributed by atoms with Crippen LogP contribution in [0.1, 0.15) is 30.7 Å². The minimum Gasteiger partial charge on any atom is -0.497 e. The number of methoxy groups -OCH3 is 1. The number of pyridine rings is 1. The number of hydrogen-bond donors (Lipinski definition) is 1. The molecule has 8 nitrogen and oxygen atoms in total. The molecule has 1 fully saturated rings. The molecule has 0 spiro atoms. The molecule has 3 heterocycles. The second-order valence-corrected chi connectivity index (χ2v) is 8.10. The van der Waals surface area contributed by atoms with Crippen molar-refractivity contribution >= 4 is 22.5 Å². The number of allylic oxidation sites excluding steroid dienone is 3. The smallest absolute Gasteiger partial charge is 0.205 e. The van der Waals surface area contributed by atoms with Gasteiger partial charge in [-0.25, -0.2) is 4.98 Å². The minimum absolute atomic E-state index is 0.00448. The Hall–Kier alpha value is -3.57. The van der Waals surface area contributed by atoms with Gasteiger partial charge in [-0.05, 0) is 30.7 Å². The first-order valence-corrected chi connectivity index (χ1v) is 10.8. The van der Waals surface area contributed by atoms with Crippen molar-refractivity contribution < 1.29 is 19.0 Å². The Morgan fingerprint density at radius 3 is 2.81 bits per heavy atom. The molecular weight excluding hydrogens is 408 g/mol. The average Bonchev–Trinajstić information content (AvgIpc) is 2.82. The molecule has 8 heteroatoms. The first-order valence-electron chi connectivity index (χ1n) is 10.8.